The molecule has 0 unspecified atom stereocenters. The van der Waals surface area contributed by atoms with Crippen molar-refractivity contribution < 1.29 is 9.15 Å². The Balaban J connectivity index is 1.38. The normalized spacial score (nSPS) is 14.3. The van der Waals surface area contributed by atoms with Crippen LogP contribution in [0.1, 0.15) is 22.3 Å². The third kappa shape index (κ3) is 2.66. The molecule has 2 aromatic heterocycles. The highest BCUT2D eigenvalue weighted by Crippen LogP contribution is 2.62. The molecule has 0 saturated carbocycles. The summed E-state index contributed by atoms with van der Waals surface area (Å²) in [6, 6.07) is 40.6. The van der Waals surface area contributed by atoms with Gasteiger partial charge in [-0.25, -0.2) is 9.97 Å². The number of ether oxygens (including phenoxy) is 1. The molecular weight excluding hydrogens is 494 g/mol. The van der Waals surface area contributed by atoms with Crippen molar-refractivity contribution >= 4 is 39.3 Å². The highest BCUT2D eigenvalue weighted by atomic mass is 16.5. The van der Waals surface area contributed by atoms with E-state index in [0.29, 0.717) is 5.71 Å². The maximum atomic E-state index is 6.49. The van der Waals surface area contributed by atoms with Crippen molar-refractivity contribution in [3.05, 3.63) is 150 Å². The fraction of sp³-hybridized carbons (Fsp3) is 0.0286. The molecule has 0 amide bonds. The lowest BCUT2D eigenvalue weighted by Gasteiger charge is -2.48. The number of fused-ring (bicyclic) bond motifs is 11. The van der Waals surface area contributed by atoms with Crippen molar-refractivity contribution in [3.8, 4) is 11.5 Å². The van der Waals surface area contributed by atoms with Gasteiger partial charge in [0, 0.05) is 40.7 Å². The van der Waals surface area contributed by atoms with E-state index in [1.54, 1.807) is 12.4 Å². The molecule has 40 heavy (non-hydrogen) atoms. The minimum Gasteiger partial charge on any atom is -0.457 e. The molecule has 0 bridgehead atoms. The Morgan fingerprint density at radius 2 is 1.15 bits per heavy atom. The molecule has 5 aromatic carbocycles. The van der Waals surface area contributed by atoms with Crippen LogP contribution < -0.4 is 9.64 Å². The van der Waals surface area contributed by atoms with Crippen LogP contribution in [0.5, 0.6) is 11.5 Å². The highest BCUT2D eigenvalue weighted by molar-refractivity contribution is 6.03. The molecule has 2 aliphatic rings. The first-order valence-electron chi connectivity index (χ1n) is 13.3. The second-order valence-electron chi connectivity index (χ2n) is 10.2. The van der Waals surface area contributed by atoms with E-state index in [0.717, 1.165) is 56.2 Å². The van der Waals surface area contributed by atoms with Gasteiger partial charge in [-0.05, 0) is 47.5 Å². The van der Waals surface area contributed by atoms with E-state index in [9.17, 15) is 0 Å². The largest absolute Gasteiger partial charge is 0.457 e. The van der Waals surface area contributed by atoms with Crippen molar-refractivity contribution in [1.82, 2.24) is 9.97 Å². The number of benzene rings is 5. The van der Waals surface area contributed by atoms with Crippen LogP contribution in [-0.2, 0) is 5.41 Å². The first kappa shape index (κ1) is 21.5. The summed E-state index contributed by atoms with van der Waals surface area (Å²) in [7, 11) is 0. The third-order valence-electron chi connectivity index (χ3n) is 8.25. The van der Waals surface area contributed by atoms with Crippen molar-refractivity contribution in [3.63, 3.8) is 0 Å². The number of aromatic nitrogens is 2. The molecule has 7 aromatic rings. The van der Waals surface area contributed by atoms with Gasteiger partial charge in [0.1, 0.15) is 22.6 Å². The molecule has 0 saturated heterocycles. The standard InChI is InChI=1S/C35H21N3O2/c1-5-13-28-24(9-1)35(26-11-3-7-15-30(26)39-31-16-8-4-12-27(31)35)25-10-2-6-14-29(25)38(28)22-17-18-23-32(21-22)40-34-33(23)36-19-20-37-34/h1-21H. The van der Waals surface area contributed by atoms with Gasteiger partial charge < -0.3 is 14.1 Å². The quantitative estimate of drug-likeness (QED) is 0.219. The molecule has 188 valence electrons. The van der Waals surface area contributed by atoms with Gasteiger partial charge >= 0.3 is 0 Å². The van der Waals surface area contributed by atoms with Gasteiger partial charge in [-0.3, -0.25) is 0 Å². The van der Waals surface area contributed by atoms with Gasteiger partial charge in [0.05, 0.1) is 16.8 Å². The number of furan rings is 1. The molecule has 5 heteroatoms. The Hall–Kier alpha value is -5.42. The highest BCUT2D eigenvalue weighted by Gasteiger charge is 2.50. The second kappa shape index (κ2) is 7.80. The zero-order chi connectivity index (χ0) is 26.3. The van der Waals surface area contributed by atoms with E-state index in [2.05, 4.69) is 118 Å². The first-order chi connectivity index (χ1) is 19.8. The summed E-state index contributed by atoms with van der Waals surface area (Å²) in [5, 5.41) is 0.953. The molecular formula is C35H21N3O2. The summed E-state index contributed by atoms with van der Waals surface area (Å²) < 4.78 is 12.6. The zero-order valence-corrected chi connectivity index (χ0v) is 21.3. The number of nitrogens with zero attached hydrogens (tertiary/aromatic N) is 3. The number of para-hydroxylation sites is 4. The second-order valence-corrected chi connectivity index (χ2v) is 10.2. The van der Waals surface area contributed by atoms with E-state index in [1.165, 1.54) is 11.1 Å². The molecule has 0 aliphatic carbocycles. The van der Waals surface area contributed by atoms with Crippen molar-refractivity contribution in [1.29, 1.82) is 0 Å². The summed E-state index contributed by atoms with van der Waals surface area (Å²) in [5.74, 6) is 1.76. The Morgan fingerprint density at radius 1 is 0.575 bits per heavy atom. The molecule has 0 fully saturated rings. The lowest BCUT2D eigenvalue weighted by Crippen LogP contribution is -2.39. The number of rotatable bonds is 1. The third-order valence-corrected chi connectivity index (χ3v) is 8.25. The van der Waals surface area contributed by atoms with Crippen molar-refractivity contribution in [2.45, 2.75) is 5.41 Å². The number of hydrogen-bond donors (Lipinski definition) is 0. The Morgan fingerprint density at radius 3 is 1.82 bits per heavy atom. The van der Waals surface area contributed by atoms with Crippen LogP contribution in [0.2, 0.25) is 0 Å². The molecule has 0 atom stereocenters. The minimum atomic E-state index is -0.549. The monoisotopic (exact) mass is 515 g/mol. The fourth-order valence-corrected chi connectivity index (χ4v) is 6.72. The summed E-state index contributed by atoms with van der Waals surface area (Å²) in [4.78, 5) is 11.2. The van der Waals surface area contributed by atoms with E-state index in [4.69, 9.17) is 9.15 Å². The summed E-state index contributed by atoms with van der Waals surface area (Å²) in [6.45, 7) is 0. The van der Waals surface area contributed by atoms with E-state index in [1.807, 2.05) is 12.1 Å². The molecule has 9 rings (SSSR count). The van der Waals surface area contributed by atoms with Gasteiger partial charge in [0.25, 0.3) is 0 Å². The van der Waals surface area contributed by atoms with E-state index < -0.39 is 5.41 Å². The van der Waals surface area contributed by atoms with E-state index >= 15 is 0 Å². The fourth-order valence-electron chi connectivity index (χ4n) is 6.72. The summed E-state index contributed by atoms with van der Waals surface area (Å²) >= 11 is 0. The Kier molecular flexibility index (Phi) is 4.20. The van der Waals surface area contributed by atoms with Crippen LogP contribution >= 0.6 is 0 Å². The molecule has 5 nitrogen and oxygen atoms in total. The predicted molar refractivity (Wildman–Crippen MR) is 156 cm³/mol. The lowest BCUT2D eigenvalue weighted by atomic mass is 9.61. The number of hydrogen-bond acceptors (Lipinski definition) is 5. The minimum absolute atomic E-state index is 0.545. The van der Waals surface area contributed by atoms with Crippen LogP contribution in [0, 0.1) is 0 Å². The molecule has 1 spiro atoms. The van der Waals surface area contributed by atoms with Crippen molar-refractivity contribution in [2.24, 2.45) is 0 Å². The van der Waals surface area contributed by atoms with Crippen LogP contribution in [0.25, 0.3) is 22.2 Å². The van der Waals surface area contributed by atoms with Gasteiger partial charge in [0.2, 0.25) is 5.71 Å². The van der Waals surface area contributed by atoms with Crippen LogP contribution in [-0.4, -0.2) is 9.97 Å². The van der Waals surface area contributed by atoms with Gasteiger partial charge in [-0.15, -0.1) is 0 Å². The van der Waals surface area contributed by atoms with Crippen molar-refractivity contribution in [2.75, 3.05) is 4.90 Å². The summed E-state index contributed by atoms with van der Waals surface area (Å²) in [6.07, 6.45) is 3.36. The number of anilines is 3. The van der Waals surface area contributed by atoms with Gasteiger partial charge in [0.15, 0.2) is 0 Å². The SMILES string of the molecule is c1ccc2c(c1)Oc1ccccc1C21c2ccccc2N(c2ccc3c(c2)oc2nccnc23)c2ccccc21. The average Bonchev–Trinajstić information content (AvgIpc) is 3.39. The Bertz CT molecular complexity index is 2030. The average molecular weight is 516 g/mol. The zero-order valence-electron chi connectivity index (χ0n) is 21.3. The predicted octanol–water partition coefficient (Wildman–Crippen LogP) is 8.65. The molecule has 0 N–H and O–H groups in total. The van der Waals surface area contributed by atoms with Gasteiger partial charge in [-0.1, -0.05) is 72.8 Å². The van der Waals surface area contributed by atoms with Crippen LogP contribution in [0.15, 0.2) is 132 Å². The van der Waals surface area contributed by atoms with Gasteiger partial charge in [-0.2, -0.15) is 0 Å². The molecule has 0 radical (unpaired) electrons. The lowest BCUT2D eigenvalue weighted by molar-refractivity contribution is 0.434. The first-order valence-corrected chi connectivity index (χ1v) is 13.3. The smallest absolute Gasteiger partial charge is 0.246 e. The van der Waals surface area contributed by atoms with Crippen LogP contribution in [0.4, 0.5) is 17.1 Å². The maximum absolute atomic E-state index is 6.49. The topological polar surface area (TPSA) is 51.4 Å². The molecule has 4 heterocycles. The van der Waals surface area contributed by atoms with E-state index in [-0.39, 0.29) is 0 Å². The maximum Gasteiger partial charge on any atom is 0.246 e. The van der Waals surface area contributed by atoms with Crippen LogP contribution in [0.3, 0.4) is 0 Å². The molecule has 2 aliphatic heterocycles. The Labute approximate surface area is 229 Å². The summed E-state index contributed by atoms with van der Waals surface area (Å²) in [5.41, 5.74) is 9.43.